The summed E-state index contributed by atoms with van der Waals surface area (Å²) >= 11 is 0. The van der Waals surface area contributed by atoms with Crippen molar-refractivity contribution in [3.05, 3.63) is 11.6 Å². The van der Waals surface area contributed by atoms with Gasteiger partial charge in [0.15, 0.2) is 0 Å². The van der Waals surface area contributed by atoms with Crippen molar-refractivity contribution in [2.75, 3.05) is 6.54 Å². The van der Waals surface area contributed by atoms with Gasteiger partial charge in [-0.2, -0.15) is 0 Å². The Labute approximate surface area is 89.0 Å². The molecule has 1 aliphatic heterocycles. The minimum absolute atomic E-state index is 0.273. The van der Waals surface area contributed by atoms with Crippen molar-refractivity contribution in [2.45, 2.75) is 58.9 Å². The van der Waals surface area contributed by atoms with E-state index in [2.05, 4.69) is 39.1 Å². The van der Waals surface area contributed by atoms with Gasteiger partial charge < -0.3 is 5.32 Å². The van der Waals surface area contributed by atoms with Crippen LogP contribution in [0.1, 0.15) is 53.4 Å². The Morgan fingerprint density at radius 1 is 1.21 bits per heavy atom. The highest BCUT2D eigenvalue weighted by molar-refractivity contribution is 5.13. The lowest BCUT2D eigenvalue weighted by atomic mass is 9.81. The Morgan fingerprint density at radius 2 is 1.93 bits per heavy atom. The van der Waals surface area contributed by atoms with E-state index in [1.54, 1.807) is 0 Å². The molecule has 82 valence electrons. The Bertz CT molecular complexity index is 191. The molecule has 1 saturated heterocycles. The maximum atomic E-state index is 3.75. The van der Waals surface area contributed by atoms with Crippen molar-refractivity contribution in [1.29, 1.82) is 0 Å². The summed E-state index contributed by atoms with van der Waals surface area (Å²) in [7, 11) is 0. The summed E-state index contributed by atoms with van der Waals surface area (Å²) in [5.74, 6) is 0.690. The van der Waals surface area contributed by atoms with E-state index in [9.17, 15) is 0 Å². The number of hydrogen-bond acceptors (Lipinski definition) is 1. The molecular weight excluding hydrogens is 170 g/mol. The summed E-state index contributed by atoms with van der Waals surface area (Å²) < 4.78 is 0. The van der Waals surface area contributed by atoms with Crippen LogP contribution in [0.15, 0.2) is 11.6 Å². The van der Waals surface area contributed by atoms with Crippen molar-refractivity contribution in [3.8, 4) is 0 Å². The largest absolute Gasteiger partial charge is 0.308 e. The van der Waals surface area contributed by atoms with E-state index >= 15 is 0 Å². The van der Waals surface area contributed by atoms with Crippen LogP contribution < -0.4 is 5.32 Å². The minimum Gasteiger partial charge on any atom is -0.308 e. The summed E-state index contributed by atoms with van der Waals surface area (Å²) in [6.45, 7) is 10.3. The molecule has 0 spiro atoms. The Morgan fingerprint density at radius 3 is 2.50 bits per heavy atom. The monoisotopic (exact) mass is 195 g/mol. The van der Waals surface area contributed by atoms with E-state index in [-0.39, 0.29) is 5.54 Å². The maximum Gasteiger partial charge on any atom is 0.0389 e. The quantitative estimate of drug-likeness (QED) is 0.665. The van der Waals surface area contributed by atoms with Crippen molar-refractivity contribution in [1.82, 2.24) is 5.32 Å². The SMILES string of the molecule is CC(C)=CC1(C(C)C)CCCCCN1. The standard InChI is InChI=1S/C13H25N/c1-11(2)10-13(12(3)4)8-6-5-7-9-14-13/h10,12,14H,5-9H2,1-4H3. The molecule has 1 fully saturated rings. The highest BCUT2D eigenvalue weighted by atomic mass is 15.0. The second-order valence-electron chi connectivity index (χ2n) is 5.15. The van der Waals surface area contributed by atoms with Crippen LogP contribution in [-0.2, 0) is 0 Å². The van der Waals surface area contributed by atoms with Crippen molar-refractivity contribution in [2.24, 2.45) is 5.92 Å². The second-order valence-corrected chi connectivity index (χ2v) is 5.15. The normalized spacial score (nSPS) is 28.6. The maximum absolute atomic E-state index is 3.75. The molecule has 1 atom stereocenters. The average Bonchev–Trinajstić information content (AvgIpc) is 2.29. The first-order chi connectivity index (χ1) is 6.57. The lowest BCUT2D eigenvalue weighted by Crippen LogP contribution is -2.47. The van der Waals surface area contributed by atoms with Crippen LogP contribution in [-0.4, -0.2) is 12.1 Å². The van der Waals surface area contributed by atoms with Crippen molar-refractivity contribution < 1.29 is 0 Å². The third-order valence-corrected chi connectivity index (χ3v) is 3.30. The van der Waals surface area contributed by atoms with E-state index < -0.39 is 0 Å². The first kappa shape index (κ1) is 11.8. The van der Waals surface area contributed by atoms with Crippen LogP contribution in [0.2, 0.25) is 0 Å². The number of rotatable bonds is 2. The molecular formula is C13H25N. The summed E-state index contributed by atoms with van der Waals surface area (Å²) in [5.41, 5.74) is 1.71. The van der Waals surface area contributed by atoms with Crippen LogP contribution in [0, 0.1) is 5.92 Å². The van der Waals surface area contributed by atoms with Crippen LogP contribution in [0.3, 0.4) is 0 Å². The average molecular weight is 195 g/mol. The van der Waals surface area contributed by atoms with Crippen molar-refractivity contribution >= 4 is 0 Å². The molecule has 0 saturated carbocycles. The molecule has 1 heteroatoms. The molecule has 1 rings (SSSR count). The summed E-state index contributed by atoms with van der Waals surface area (Å²) in [5, 5.41) is 3.75. The van der Waals surface area contributed by atoms with Gasteiger partial charge in [-0.05, 0) is 39.2 Å². The fourth-order valence-electron chi connectivity index (χ4n) is 2.43. The highest BCUT2D eigenvalue weighted by Crippen LogP contribution is 2.29. The molecule has 14 heavy (non-hydrogen) atoms. The van der Waals surface area contributed by atoms with Crippen molar-refractivity contribution in [3.63, 3.8) is 0 Å². The fraction of sp³-hybridized carbons (Fsp3) is 0.846. The lowest BCUT2D eigenvalue weighted by Gasteiger charge is -2.35. The molecule has 1 nitrogen and oxygen atoms in total. The molecule has 0 bridgehead atoms. The van der Waals surface area contributed by atoms with Crippen LogP contribution in [0.25, 0.3) is 0 Å². The van der Waals surface area contributed by atoms with Crippen LogP contribution in [0.4, 0.5) is 0 Å². The van der Waals surface area contributed by atoms with Gasteiger partial charge >= 0.3 is 0 Å². The molecule has 0 radical (unpaired) electrons. The first-order valence-corrected chi connectivity index (χ1v) is 5.98. The van der Waals surface area contributed by atoms with Crippen LogP contribution in [0.5, 0.6) is 0 Å². The molecule has 0 aliphatic carbocycles. The molecule has 1 aliphatic rings. The Balaban J connectivity index is 2.83. The lowest BCUT2D eigenvalue weighted by molar-refractivity contribution is 0.292. The molecule has 1 unspecified atom stereocenters. The zero-order valence-corrected chi connectivity index (χ0v) is 10.2. The fourth-order valence-corrected chi connectivity index (χ4v) is 2.43. The van der Waals surface area contributed by atoms with Gasteiger partial charge in [-0.25, -0.2) is 0 Å². The van der Waals surface area contributed by atoms with Gasteiger partial charge in [0.25, 0.3) is 0 Å². The van der Waals surface area contributed by atoms with Gasteiger partial charge in [-0.1, -0.05) is 38.3 Å². The van der Waals surface area contributed by atoms with E-state index in [4.69, 9.17) is 0 Å². The molecule has 1 N–H and O–H groups in total. The number of hydrogen-bond donors (Lipinski definition) is 1. The molecule has 0 amide bonds. The summed E-state index contributed by atoms with van der Waals surface area (Å²) in [4.78, 5) is 0. The Hall–Kier alpha value is -0.300. The number of nitrogens with one attached hydrogen (secondary N) is 1. The van der Waals surface area contributed by atoms with E-state index in [0.29, 0.717) is 5.92 Å². The minimum atomic E-state index is 0.273. The molecule has 1 heterocycles. The van der Waals surface area contributed by atoms with E-state index in [1.165, 1.54) is 37.8 Å². The predicted octanol–water partition coefficient (Wildman–Crippen LogP) is 3.51. The predicted molar refractivity (Wildman–Crippen MR) is 63.5 cm³/mol. The van der Waals surface area contributed by atoms with Gasteiger partial charge in [-0.3, -0.25) is 0 Å². The zero-order valence-electron chi connectivity index (χ0n) is 10.2. The third-order valence-electron chi connectivity index (χ3n) is 3.30. The molecule has 0 aromatic rings. The first-order valence-electron chi connectivity index (χ1n) is 5.98. The zero-order chi connectivity index (χ0) is 10.6. The van der Waals surface area contributed by atoms with Gasteiger partial charge in [0.05, 0.1) is 0 Å². The highest BCUT2D eigenvalue weighted by Gasteiger charge is 2.31. The van der Waals surface area contributed by atoms with E-state index in [1.807, 2.05) is 0 Å². The smallest absolute Gasteiger partial charge is 0.0389 e. The van der Waals surface area contributed by atoms with Gasteiger partial charge in [-0.15, -0.1) is 0 Å². The van der Waals surface area contributed by atoms with Gasteiger partial charge in [0, 0.05) is 5.54 Å². The molecule has 0 aromatic carbocycles. The molecule has 0 aromatic heterocycles. The Kier molecular flexibility index (Phi) is 4.18. The van der Waals surface area contributed by atoms with Gasteiger partial charge in [0.1, 0.15) is 0 Å². The van der Waals surface area contributed by atoms with E-state index in [0.717, 1.165) is 0 Å². The second kappa shape index (κ2) is 4.97. The summed E-state index contributed by atoms with van der Waals surface area (Å²) in [6.07, 6.45) is 7.84. The van der Waals surface area contributed by atoms with Gasteiger partial charge in [0.2, 0.25) is 0 Å². The third kappa shape index (κ3) is 2.84. The number of allylic oxidation sites excluding steroid dienone is 1. The topological polar surface area (TPSA) is 12.0 Å². The summed E-state index contributed by atoms with van der Waals surface area (Å²) in [6, 6.07) is 0. The van der Waals surface area contributed by atoms with Crippen LogP contribution >= 0.6 is 0 Å².